The third-order valence-electron chi connectivity index (χ3n) is 4.83. The molecular formula is C20H34O4. The van der Waals surface area contributed by atoms with Crippen molar-refractivity contribution in [3.63, 3.8) is 0 Å². The number of aliphatic hydroxyl groups is 2. The topological polar surface area (TPSA) is 77.8 Å². The minimum Gasteiger partial charge on any atom is -0.481 e. The second-order valence-electron chi connectivity index (χ2n) is 6.88. The van der Waals surface area contributed by atoms with Gasteiger partial charge in [-0.1, -0.05) is 50.5 Å². The number of aliphatic hydroxyl groups excluding tert-OH is 2. The van der Waals surface area contributed by atoms with Crippen molar-refractivity contribution < 1.29 is 20.1 Å². The molecule has 0 spiro atoms. The van der Waals surface area contributed by atoms with E-state index in [9.17, 15) is 15.0 Å². The van der Waals surface area contributed by atoms with Crippen LogP contribution in [0.4, 0.5) is 0 Å². The van der Waals surface area contributed by atoms with E-state index in [1.165, 1.54) is 25.7 Å². The largest absolute Gasteiger partial charge is 0.481 e. The molecule has 24 heavy (non-hydrogen) atoms. The molecule has 1 saturated carbocycles. The number of hydrogen-bond donors (Lipinski definition) is 3. The Morgan fingerprint density at radius 2 is 1.75 bits per heavy atom. The quantitative estimate of drug-likeness (QED) is 0.370. The first kappa shape index (κ1) is 20.9. The molecule has 1 unspecified atom stereocenters. The van der Waals surface area contributed by atoms with E-state index < -0.39 is 18.2 Å². The molecule has 0 aromatic rings. The summed E-state index contributed by atoms with van der Waals surface area (Å²) in [7, 11) is 0. The molecule has 0 saturated heterocycles. The molecule has 1 fully saturated rings. The lowest BCUT2D eigenvalue weighted by molar-refractivity contribution is -0.137. The van der Waals surface area contributed by atoms with Gasteiger partial charge in [0.1, 0.15) is 0 Å². The maximum Gasteiger partial charge on any atom is 0.303 e. The number of carboxylic acid groups (broad SMARTS) is 1. The highest BCUT2D eigenvalue weighted by molar-refractivity contribution is 5.66. The van der Waals surface area contributed by atoms with Crippen molar-refractivity contribution in [3.8, 4) is 0 Å². The van der Waals surface area contributed by atoms with E-state index in [1.54, 1.807) is 0 Å². The summed E-state index contributed by atoms with van der Waals surface area (Å²) in [5.74, 6) is -0.681. The predicted molar refractivity (Wildman–Crippen MR) is 96.8 cm³/mol. The van der Waals surface area contributed by atoms with Gasteiger partial charge in [0.2, 0.25) is 0 Å². The molecule has 0 aliphatic heterocycles. The van der Waals surface area contributed by atoms with Crippen molar-refractivity contribution in [1.29, 1.82) is 0 Å². The van der Waals surface area contributed by atoms with Crippen LogP contribution in [-0.4, -0.2) is 33.5 Å². The van der Waals surface area contributed by atoms with E-state index in [-0.39, 0.29) is 18.3 Å². The zero-order valence-electron chi connectivity index (χ0n) is 14.9. The number of allylic oxidation sites excluding steroid dienone is 3. The van der Waals surface area contributed by atoms with Crippen molar-refractivity contribution in [2.75, 3.05) is 0 Å². The van der Waals surface area contributed by atoms with Crippen LogP contribution < -0.4 is 0 Å². The number of hydrogen-bond acceptors (Lipinski definition) is 3. The highest BCUT2D eigenvalue weighted by atomic mass is 16.4. The first-order valence-electron chi connectivity index (χ1n) is 9.45. The van der Waals surface area contributed by atoms with E-state index in [0.717, 1.165) is 19.3 Å². The summed E-state index contributed by atoms with van der Waals surface area (Å²) in [6, 6.07) is 0. The van der Waals surface area contributed by atoms with Gasteiger partial charge in [0, 0.05) is 18.8 Å². The van der Waals surface area contributed by atoms with E-state index in [4.69, 9.17) is 5.11 Å². The Kier molecular flexibility index (Phi) is 10.7. The van der Waals surface area contributed by atoms with Crippen LogP contribution in [0.15, 0.2) is 24.3 Å². The molecule has 138 valence electrons. The Balaban J connectivity index is 2.37. The minimum absolute atomic E-state index is 0.0230. The number of unbranched alkanes of at least 4 members (excludes halogenated alkanes) is 5. The summed E-state index contributed by atoms with van der Waals surface area (Å²) in [4.78, 5) is 10.5. The smallest absolute Gasteiger partial charge is 0.303 e. The van der Waals surface area contributed by atoms with E-state index in [0.29, 0.717) is 12.8 Å². The van der Waals surface area contributed by atoms with Gasteiger partial charge in [0.15, 0.2) is 0 Å². The standard InChI is InChI=1S/C20H34O4/c1-2-3-4-5-6-9-12-16-17(19(22)15-18(16)21)13-10-7-8-11-14-20(23)24/h7,9-10,12,16-19,21-22H,2-6,8,11,13-15H2,1H3,(H,23,24)/b10-7-,12-9+/t16-,17?,18-,19+/m1/s1. The number of rotatable bonds is 12. The summed E-state index contributed by atoms with van der Waals surface area (Å²) < 4.78 is 0. The number of carboxylic acids is 1. The fraction of sp³-hybridized carbons (Fsp3) is 0.750. The van der Waals surface area contributed by atoms with E-state index >= 15 is 0 Å². The Morgan fingerprint density at radius 1 is 1.00 bits per heavy atom. The molecule has 0 aromatic heterocycles. The molecule has 1 aliphatic carbocycles. The second kappa shape index (κ2) is 12.3. The van der Waals surface area contributed by atoms with Gasteiger partial charge in [0.05, 0.1) is 12.2 Å². The van der Waals surface area contributed by atoms with Crippen LogP contribution in [0, 0.1) is 11.8 Å². The summed E-state index contributed by atoms with van der Waals surface area (Å²) in [6.07, 6.45) is 16.1. The van der Waals surface area contributed by atoms with Gasteiger partial charge in [-0.2, -0.15) is 0 Å². The van der Waals surface area contributed by atoms with Crippen molar-refractivity contribution >= 4 is 5.97 Å². The van der Waals surface area contributed by atoms with Gasteiger partial charge in [-0.25, -0.2) is 0 Å². The highest BCUT2D eigenvalue weighted by Gasteiger charge is 2.39. The molecule has 1 rings (SSSR count). The second-order valence-corrected chi connectivity index (χ2v) is 6.88. The Hall–Kier alpha value is -1.13. The average molecular weight is 338 g/mol. The van der Waals surface area contributed by atoms with Crippen LogP contribution in [0.1, 0.15) is 71.1 Å². The van der Waals surface area contributed by atoms with Crippen molar-refractivity contribution in [3.05, 3.63) is 24.3 Å². The summed E-state index contributed by atoms with van der Waals surface area (Å²) >= 11 is 0. The van der Waals surface area contributed by atoms with Gasteiger partial charge >= 0.3 is 5.97 Å². The van der Waals surface area contributed by atoms with Crippen molar-refractivity contribution in [2.24, 2.45) is 11.8 Å². The monoisotopic (exact) mass is 338 g/mol. The number of carbonyl (C=O) groups is 1. The molecule has 4 atom stereocenters. The number of aliphatic carboxylic acids is 1. The Morgan fingerprint density at radius 3 is 2.46 bits per heavy atom. The normalized spacial score (nSPS) is 27.5. The zero-order valence-corrected chi connectivity index (χ0v) is 14.9. The van der Waals surface area contributed by atoms with Gasteiger partial charge in [-0.15, -0.1) is 0 Å². The molecule has 0 aromatic carbocycles. The summed E-state index contributed by atoms with van der Waals surface area (Å²) in [5.41, 5.74) is 0. The zero-order chi connectivity index (χ0) is 17.8. The lowest BCUT2D eigenvalue weighted by atomic mass is 9.89. The molecule has 1 aliphatic rings. The summed E-state index contributed by atoms with van der Waals surface area (Å²) in [6.45, 7) is 2.20. The van der Waals surface area contributed by atoms with Crippen LogP contribution >= 0.6 is 0 Å². The first-order chi connectivity index (χ1) is 11.6. The van der Waals surface area contributed by atoms with Gasteiger partial charge in [-0.3, -0.25) is 4.79 Å². The fourth-order valence-corrected chi connectivity index (χ4v) is 3.39. The van der Waals surface area contributed by atoms with Crippen molar-refractivity contribution in [1.82, 2.24) is 0 Å². The van der Waals surface area contributed by atoms with E-state index in [1.807, 2.05) is 12.2 Å². The molecule has 3 N–H and O–H groups in total. The van der Waals surface area contributed by atoms with Crippen LogP contribution in [0.5, 0.6) is 0 Å². The Bertz CT molecular complexity index is 402. The molecule has 0 radical (unpaired) electrons. The van der Waals surface area contributed by atoms with Crippen LogP contribution in [0.3, 0.4) is 0 Å². The van der Waals surface area contributed by atoms with Crippen LogP contribution in [0.25, 0.3) is 0 Å². The fourth-order valence-electron chi connectivity index (χ4n) is 3.39. The highest BCUT2D eigenvalue weighted by Crippen LogP contribution is 2.36. The van der Waals surface area contributed by atoms with Gasteiger partial charge in [0.25, 0.3) is 0 Å². The van der Waals surface area contributed by atoms with Gasteiger partial charge in [-0.05, 0) is 38.0 Å². The van der Waals surface area contributed by atoms with Crippen molar-refractivity contribution in [2.45, 2.75) is 83.3 Å². The molecular weight excluding hydrogens is 304 g/mol. The third-order valence-corrected chi connectivity index (χ3v) is 4.83. The average Bonchev–Trinajstić information content (AvgIpc) is 2.80. The maximum atomic E-state index is 10.5. The van der Waals surface area contributed by atoms with Crippen LogP contribution in [0.2, 0.25) is 0 Å². The third kappa shape index (κ3) is 8.11. The van der Waals surface area contributed by atoms with Crippen LogP contribution in [-0.2, 0) is 4.79 Å². The summed E-state index contributed by atoms with van der Waals surface area (Å²) in [5, 5.41) is 28.9. The van der Waals surface area contributed by atoms with E-state index in [2.05, 4.69) is 19.1 Å². The lowest BCUT2D eigenvalue weighted by Gasteiger charge is -2.19. The molecule has 0 amide bonds. The molecule has 4 nitrogen and oxygen atoms in total. The predicted octanol–water partition coefficient (Wildman–Crippen LogP) is 4.07. The minimum atomic E-state index is -0.762. The lowest BCUT2D eigenvalue weighted by Crippen LogP contribution is -2.19. The molecule has 0 bridgehead atoms. The maximum absolute atomic E-state index is 10.5. The first-order valence-corrected chi connectivity index (χ1v) is 9.45. The molecule has 0 heterocycles. The molecule has 4 heteroatoms. The Labute approximate surface area is 146 Å². The van der Waals surface area contributed by atoms with Gasteiger partial charge < -0.3 is 15.3 Å². The SMILES string of the molecule is CCCCCC/C=C/[C@@H]1C(C/C=C\CCCC(=O)O)[C@@H](O)C[C@H]1O.